The first-order chi connectivity index (χ1) is 41.0. The van der Waals surface area contributed by atoms with Gasteiger partial charge in [0.25, 0.3) is 6.04 Å². The molecular weight excluding hydrogens is 1090 g/mol. The van der Waals surface area contributed by atoms with Gasteiger partial charge in [0.2, 0.25) is 6.29 Å². The van der Waals surface area contributed by atoms with Gasteiger partial charge in [-0.3, -0.25) is 10.1 Å². The second kappa shape index (κ2) is 31.4. The molecule has 2 saturated heterocycles. The van der Waals surface area contributed by atoms with Crippen LogP contribution in [0.5, 0.6) is 0 Å². The van der Waals surface area contributed by atoms with Crippen LogP contribution in [0, 0.1) is 10.1 Å². The molecule has 0 radical (unpaired) electrons. The standard InChI is InChI=1S/C67H80N2O16/c1-46(55(62(70)84-66(2,3)4)68-65(71)85-67(5,6)7)80-63-56(69(72)73)59(57(76-40-49-30-18-10-19-31-49)53(81-63)44-74-38-47-26-14-8-15-27-47)83-64-61(79-43-52-36-24-13-25-37-52)60(78-42-51-34-22-12-23-35-51)58(77-41-50-32-20-11-21-33-50)54(82-64)45-75-39-48-28-16-9-17-29-48/h8-37,46,53-61,63-64H,38-45H2,1-7H3,(H,68,71)/t46-,53-,54-,55+,56-,57+,58+,59-,60+,61-,63+,64+/m1/s1. The predicted molar refractivity (Wildman–Crippen MR) is 315 cm³/mol. The van der Waals surface area contributed by atoms with Crippen LogP contribution < -0.4 is 5.32 Å². The summed E-state index contributed by atoms with van der Waals surface area (Å²) in [5, 5.41) is 16.8. The lowest BCUT2D eigenvalue weighted by molar-refractivity contribution is -0.581. The maximum Gasteiger partial charge on any atom is 0.408 e. The Hall–Kier alpha value is -6.94. The van der Waals surface area contributed by atoms with Crippen molar-refractivity contribution in [3.05, 3.63) is 225 Å². The van der Waals surface area contributed by atoms with Crippen LogP contribution in [0.4, 0.5) is 4.79 Å². The largest absolute Gasteiger partial charge is 0.458 e. The van der Waals surface area contributed by atoms with E-state index in [1.165, 1.54) is 6.92 Å². The lowest BCUT2D eigenvalue weighted by Crippen LogP contribution is -2.68. The molecule has 1 amide bonds. The Morgan fingerprint density at radius 1 is 0.482 bits per heavy atom. The van der Waals surface area contributed by atoms with Crippen LogP contribution in [0.1, 0.15) is 81.8 Å². The molecule has 18 heteroatoms. The summed E-state index contributed by atoms with van der Waals surface area (Å²) in [7, 11) is 0. The van der Waals surface area contributed by atoms with Gasteiger partial charge < -0.3 is 62.2 Å². The van der Waals surface area contributed by atoms with Crippen molar-refractivity contribution in [2.45, 2.75) is 173 Å². The number of hydrogen-bond acceptors (Lipinski definition) is 16. The molecular formula is C67H80N2O16. The molecule has 1 N–H and O–H groups in total. The average Bonchev–Trinajstić information content (AvgIpc) is 1.91. The predicted octanol–water partition coefficient (Wildman–Crippen LogP) is 10.9. The van der Waals surface area contributed by atoms with Gasteiger partial charge in [0.05, 0.1) is 59.0 Å². The van der Waals surface area contributed by atoms with Gasteiger partial charge in [-0.2, -0.15) is 0 Å². The van der Waals surface area contributed by atoms with E-state index in [1.54, 1.807) is 41.5 Å². The summed E-state index contributed by atoms with van der Waals surface area (Å²) in [5.41, 5.74) is 3.11. The summed E-state index contributed by atoms with van der Waals surface area (Å²) in [5.74, 6) is -0.890. The van der Waals surface area contributed by atoms with Crippen LogP contribution in [0.15, 0.2) is 182 Å². The van der Waals surface area contributed by atoms with E-state index in [0.29, 0.717) is 0 Å². The van der Waals surface area contributed by atoms with E-state index < -0.39 is 102 Å². The Balaban J connectivity index is 1.24. The van der Waals surface area contributed by atoms with Crippen molar-refractivity contribution in [2.24, 2.45) is 0 Å². The second-order valence-electron chi connectivity index (χ2n) is 23.0. The van der Waals surface area contributed by atoms with Crippen LogP contribution in [-0.4, -0.2) is 115 Å². The number of nitrogens with one attached hydrogen (secondary N) is 1. The van der Waals surface area contributed by atoms with Crippen molar-refractivity contribution in [3.8, 4) is 0 Å². The molecule has 2 fully saturated rings. The highest BCUT2D eigenvalue weighted by atomic mass is 16.8. The number of esters is 1. The van der Waals surface area contributed by atoms with E-state index in [-0.39, 0.29) is 52.9 Å². The quantitative estimate of drug-likeness (QED) is 0.0276. The van der Waals surface area contributed by atoms with Crippen molar-refractivity contribution in [1.29, 1.82) is 0 Å². The molecule has 454 valence electrons. The molecule has 6 aromatic carbocycles. The van der Waals surface area contributed by atoms with E-state index in [1.807, 2.05) is 182 Å². The minimum atomic E-state index is -1.93. The van der Waals surface area contributed by atoms with E-state index in [9.17, 15) is 19.7 Å². The van der Waals surface area contributed by atoms with E-state index >= 15 is 0 Å². The molecule has 0 unspecified atom stereocenters. The molecule has 18 nitrogen and oxygen atoms in total. The van der Waals surface area contributed by atoms with Crippen LogP contribution in [0.3, 0.4) is 0 Å². The van der Waals surface area contributed by atoms with Gasteiger partial charge in [-0.15, -0.1) is 0 Å². The fourth-order valence-electron chi connectivity index (χ4n) is 9.82. The third-order valence-corrected chi connectivity index (χ3v) is 13.8. The van der Waals surface area contributed by atoms with Crippen molar-refractivity contribution in [2.75, 3.05) is 13.2 Å². The zero-order valence-electron chi connectivity index (χ0n) is 49.4. The summed E-state index contributed by atoms with van der Waals surface area (Å²) < 4.78 is 79.8. The van der Waals surface area contributed by atoms with Crippen molar-refractivity contribution < 1.29 is 71.4 Å². The maximum atomic E-state index is 14.2. The number of benzene rings is 6. The molecule has 12 atom stereocenters. The molecule has 0 aliphatic carbocycles. The van der Waals surface area contributed by atoms with E-state index in [0.717, 1.165) is 33.4 Å². The Morgan fingerprint density at radius 3 is 1.20 bits per heavy atom. The SMILES string of the molecule is C[C@@H](O[C@H]1O[C@H](COCc2ccccc2)[C@H](OCc2ccccc2)[C@H](O[C@@H]2O[C@H](COCc3ccccc3)[C@H](OCc3ccccc3)[C@H](OCc3ccccc3)[C@H]2OCc2ccccc2)[C@H]1[N+](=O)[O-])[C@H](NC(=O)OC(C)(C)C)C(=O)OC(C)(C)C. The average molecular weight is 1170 g/mol. The minimum absolute atomic E-state index is 0.0373. The zero-order valence-corrected chi connectivity index (χ0v) is 49.4. The van der Waals surface area contributed by atoms with Crippen LogP contribution in [0.25, 0.3) is 0 Å². The Kier molecular flexibility index (Phi) is 23.7. The number of carbonyl (C=O) groups is 2. The molecule has 0 aromatic heterocycles. The fraction of sp³-hybridized carbons (Fsp3) is 0.433. The first kappa shape index (κ1) is 64.1. The first-order valence-electron chi connectivity index (χ1n) is 28.8. The molecule has 2 aliphatic rings. The van der Waals surface area contributed by atoms with E-state index in [2.05, 4.69) is 5.32 Å². The Bertz CT molecular complexity index is 2920. The molecule has 8 rings (SSSR count). The maximum absolute atomic E-state index is 14.2. The highest BCUT2D eigenvalue weighted by Gasteiger charge is 2.59. The van der Waals surface area contributed by atoms with Crippen molar-refractivity contribution in [3.63, 3.8) is 0 Å². The highest BCUT2D eigenvalue weighted by molar-refractivity contribution is 5.82. The lowest BCUT2D eigenvalue weighted by Gasteiger charge is -2.49. The molecule has 0 bridgehead atoms. The topological polar surface area (TPSA) is 200 Å². The molecule has 85 heavy (non-hydrogen) atoms. The van der Waals surface area contributed by atoms with Gasteiger partial charge in [-0.1, -0.05) is 182 Å². The number of nitro groups is 1. The summed E-state index contributed by atoms with van der Waals surface area (Å²) in [6.45, 7) is 11.9. The van der Waals surface area contributed by atoms with Crippen molar-refractivity contribution >= 4 is 12.1 Å². The monoisotopic (exact) mass is 1170 g/mol. The molecule has 2 aliphatic heterocycles. The van der Waals surface area contributed by atoms with Gasteiger partial charge in [0.1, 0.15) is 47.8 Å². The fourth-order valence-corrected chi connectivity index (χ4v) is 9.82. The molecule has 6 aromatic rings. The number of rotatable bonds is 28. The van der Waals surface area contributed by atoms with Gasteiger partial charge >= 0.3 is 12.1 Å². The first-order valence-corrected chi connectivity index (χ1v) is 28.8. The molecule has 2 heterocycles. The number of amides is 1. The number of hydrogen-bond donors (Lipinski definition) is 1. The molecule has 0 spiro atoms. The highest BCUT2D eigenvalue weighted by Crippen LogP contribution is 2.37. The summed E-state index contributed by atoms with van der Waals surface area (Å²) in [6.07, 6.45) is -13.6. The Labute approximate surface area is 498 Å². The van der Waals surface area contributed by atoms with Gasteiger partial charge in [-0.25, -0.2) is 9.59 Å². The van der Waals surface area contributed by atoms with Gasteiger partial charge in [-0.05, 0) is 81.8 Å². The summed E-state index contributed by atoms with van der Waals surface area (Å²) in [6, 6.07) is 53.9. The van der Waals surface area contributed by atoms with Crippen LogP contribution in [0.2, 0.25) is 0 Å². The smallest absolute Gasteiger partial charge is 0.408 e. The zero-order chi connectivity index (χ0) is 60.2. The van der Waals surface area contributed by atoms with Gasteiger partial charge in [0, 0.05) is 4.92 Å². The third-order valence-electron chi connectivity index (χ3n) is 13.8. The number of alkyl carbamates (subject to hydrolysis) is 1. The number of carbonyl (C=O) groups excluding carboxylic acids is 2. The summed E-state index contributed by atoms with van der Waals surface area (Å²) in [4.78, 5) is 41.3. The third kappa shape index (κ3) is 20.1. The minimum Gasteiger partial charge on any atom is -0.458 e. The van der Waals surface area contributed by atoms with Crippen LogP contribution >= 0.6 is 0 Å². The Morgan fingerprint density at radius 2 is 0.824 bits per heavy atom. The lowest BCUT2D eigenvalue weighted by atomic mass is 9.94. The van der Waals surface area contributed by atoms with Gasteiger partial charge in [0.15, 0.2) is 18.4 Å². The molecule has 0 saturated carbocycles. The second-order valence-corrected chi connectivity index (χ2v) is 23.0. The normalized spacial score (nSPS) is 23.3. The van der Waals surface area contributed by atoms with E-state index in [4.69, 9.17) is 56.8 Å². The number of ether oxygens (including phenoxy) is 12. The van der Waals surface area contributed by atoms with Crippen molar-refractivity contribution in [1.82, 2.24) is 5.32 Å². The van der Waals surface area contributed by atoms with Crippen LogP contribution in [-0.2, 0) is 101 Å². The summed E-state index contributed by atoms with van der Waals surface area (Å²) >= 11 is 0. The number of nitrogens with zero attached hydrogens (tertiary/aromatic N) is 1.